The third kappa shape index (κ3) is 3.23. The van der Waals surface area contributed by atoms with Crippen LogP contribution in [0.2, 0.25) is 0 Å². The molecular weight excluding hydrogens is 280 g/mol. The summed E-state index contributed by atoms with van der Waals surface area (Å²) < 4.78 is 9.79. The van der Waals surface area contributed by atoms with Crippen LogP contribution in [0.3, 0.4) is 0 Å². The van der Waals surface area contributed by atoms with Crippen molar-refractivity contribution >= 4 is 17.7 Å². The molecule has 0 aliphatic rings. The maximum atomic E-state index is 10.9. The molecule has 20 heavy (non-hydrogen) atoms. The Hall–Kier alpha value is -1.73. The number of aromatic nitrogens is 1. The number of nitrogens with zero attached hydrogens (tertiary/aromatic N) is 1. The molecule has 0 aliphatic heterocycles. The van der Waals surface area contributed by atoms with Crippen molar-refractivity contribution in [3.05, 3.63) is 30.2 Å². The Morgan fingerprint density at radius 1 is 1.55 bits per heavy atom. The smallest absolute Gasteiger partial charge is 0.321 e. The molecule has 0 bridgehead atoms. The van der Waals surface area contributed by atoms with E-state index in [1.807, 2.05) is 0 Å². The van der Waals surface area contributed by atoms with Gasteiger partial charge in [-0.25, -0.2) is 0 Å². The standard InChI is InChI=1S/C13H16N2O4S/c1-13(2,11(14)12(16)17)20-7-8-6-10(19-15-8)9-4-3-5-18-9/h3-6,11H,7,14H2,1-2H3,(H,16,17)/t11-/m1/s1. The van der Waals surface area contributed by atoms with Crippen molar-refractivity contribution in [3.63, 3.8) is 0 Å². The molecule has 3 N–H and O–H groups in total. The molecule has 0 fully saturated rings. The Labute approximate surface area is 120 Å². The molecule has 7 heteroatoms. The summed E-state index contributed by atoms with van der Waals surface area (Å²) in [6.07, 6.45) is 1.56. The van der Waals surface area contributed by atoms with E-state index in [1.165, 1.54) is 11.8 Å². The zero-order valence-corrected chi connectivity index (χ0v) is 12.0. The lowest BCUT2D eigenvalue weighted by atomic mass is 10.1. The summed E-state index contributed by atoms with van der Waals surface area (Å²) in [7, 11) is 0. The van der Waals surface area contributed by atoms with E-state index in [4.69, 9.17) is 19.8 Å². The summed E-state index contributed by atoms with van der Waals surface area (Å²) in [5.74, 6) is 0.651. The Morgan fingerprint density at radius 3 is 2.90 bits per heavy atom. The van der Waals surface area contributed by atoms with Gasteiger partial charge in [-0.15, -0.1) is 11.8 Å². The quantitative estimate of drug-likeness (QED) is 0.843. The summed E-state index contributed by atoms with van der Waals surface area (Å²) in [4.78, 5) is 10.9. The summed E-state index contributed by atoms with van der Waals surface area (Å²) in [5, 5.41) is 12.9. The molecule has 108 valence electrons. The maximum Gasteiger partial charge on any atom is 0.321 e. The van der Waals surface area contributed by atoms with Crippen molar-refractivity contribution in [3.8, 4) is 11.5 Å². The zero-order valence-electron chi connectivity index (χ0n) is 11.2. The number of rotatable bonds is 6. The molecule has 0 unspecified atom stereocenters. The normalized spacial score (nSPS) is 13.3. The van der Waals surface area contributed by atoms with Gasteiger partial charge >= 0.3 is 5.97 Å². The molecule has 1 atom stereocenters. The first-order valence-electron chi connectivity index (χ1n) is 6.02. The van der Waals surface area contributed by atoms with Gasteiger partial charge in [-0.2, -0.15) is 0 Å². The first-order valence-corrected chi connectivity index (χ1v) is 7.00. The number of carbonyl (C=O) groups is 1. The molecular formula is C13H16N2O4S. The van der Waals surface area contributed by atoms with E-state index in [-0.39, 0.29) is 0 Å². The van der Waals surface area contributed by atoms with Gasteiger partial charge in [0.2, 0.25) is 5.76 Å². The van der Waals surface area contributed by atoms with Gasteiger partial charge in [0.05, 0.1) is 12.0 Å². The highest BCUT2D eigenvalue weighted by Crippen LogP contribution is 2.31. The zero-order chi connectivity index (χ0) is 14.8. The Morgan fingerprint density at radius 2 is 2.30 bits per heavy atom. The number of hydrogen-bond donors (Lipinski definition) is 2. The molecule has 0 saturated carbocycles. The van der Waals surface area contributed by atoms with Crippen LogP contribution in [0.4, 0.5) is 0 Å². The van der Waals surface area contributed by atoms with Crippen LogP contribution in [0.1, 0.15) is 19.5 Å². The van der Waals surface area contributed by atoms with Crippen LogP contribution in [0, 0.1) is 0 Å². The first-order chi connectivity index (χ1) is 9.40. The summed E-state index contributed by atoms with van der Waals surface area (Å²) >= 11 is 1.42. The summed E-state index contributed by atoms with van der Waals surface area (Å²) in [6.45, 7) is 3.59. The van der Waals surface area contributed by atoms with Crippen LogP contribution >= 0.6 is 11.8 Å². The van der Waals surface area contributed by atoms with E-state index in [9.17, 15) is 4.79 Å². The van der Waals surface area contributed by atoms with Gasteiger partial charge in [0, 0.05) is 16.6 Å². The number of hydrogen-bond acceptors (Lipinski definition) is 6. The lowest BCUT2D eigenvalue weighted by Gasteiger charge is -2.27. The van der Waals surface area contributed by atoms with E-state index in [0.29, 0.717) is 23.0 Å². The minimum atomic E-state index is -1.01. The van der Waals surface area contributed by atoms with Gasteiger partial charge in [-0.1, -0.05) is 5.16 Å². The molecule has 2 aromatic rings. The van der Waals surface area contributed by atoms with E-state index >= 15 is 0 Å². The first kappa shape index (κ1) is 14.7. The van der Waals surface area contributed by atoms with Crippen molar-refractivity contribution in [1.29, 1.82) is 0 Å². The van der Waals surface area contributed by atoms with Gasteiger partial charge < -0.3 is 19.8 Å². The SMILES string of the molecule is CC(C)(SCc1cc(-c2ccco2)on1)[C@H](N)C(=O)O. The van der Waals surface area contributed by atoms with Crippen molar-refractivity contribution in [2.24, 2.45) is 5.73 Å². The van der Waals surface area contributed by atoms with E-state index in [1.54, 1.807) is 38.3 Å². The van der Waals surface area contributed by atoms with Crippen LogP contribution in [0.5, 0.6) is 0 Å². The van der Waals surface area contributed by atoms with E-state index < -0.39 is 16.8 Å². The fraction of sp³-hybridized carbons (Fsp3) is 0.385. The second-order valence-corrected chi connectivity index (χ2v) is 6.50. The minimum absolute atomic E-state index is 0.512. The highest BCUT2D eigenvalue weighted by molar-refractivity contribution is 7.99. The summed E-state index contributed by atoms with van der Waals surface area (Å²) in [5.41, 5.74) is 6.38. The fourth-order valence-corrected chi connectivity index (χ4v) is 2.50. The van der Waals surface area contributed by atoms with E-state index in [0.717, 1.165) is 0 Å². The summed E-state index contributed by atoms with van der Waals surface area (Å²) in [6, 6.07) is 4.38. The third-order valence-corrected chi connectivity index (χ3v) is 4.37. The molecule has 0 saturated heterocycles. The monoisotopic (exact) mass is 296 g/mol. The Bertz CT molecular complexity index is 577. The number of carboxylic acid groups (broad SMARTS) is 1. The second-order valence-electron chi connectivity index (χ2n) is 4.87. The van der Waals surface area contributed by atoms with Gasteiger partial charge in [0.1, 0.15) is 6.04 Å². The molecule has 0 spiro atoms. The van der Waals surface area contributed by atoms with Crippen LogP contribution in [-0.4, -0.2) is 27.0 Å². The number of nitrogens with two attached hydrogens (primary N) is 1. The molecule has 2 heterocycles. The lowest BCUT2D eigenvalue weighted by Crippen LogP contribution is -2.46. The van der Waals surface area contributed by atoms with Crippen LogP contribution in [-0.2, 0) is 10.5 Å². The average Bonchev–Trinajstić information content (AvgIpc) is 3.05. The third-order valence-electron chi connectivity index (χ3n) is 2.93. The van der Waals surface area contributed by atoms with Gasteiger partial charge in [0.15, 0.2) is 5.76 Å². The Kier molecular flexibility index (Phi) is 4.20. The molecule has 0 aromatic carbocycles. The van der Waals surface area contributed by atoms with Gasteiger partial charge in [0.25, 0.3) is 0 Å². The predicted molar refractivity (Wildman–Crippen MR) is 75.2 cm³/mol. The Balaban J connectivity index is 2.00. The van der Waals surface area contributed by atoms with Crippen molar-refractivity contribution in [2.75, 3.05) is 0 Å². The number of carboxylic acids is 1. The number of thioether (sulfide) groups is 1. The van der Waals surface area contributed by atoms with Gasteiger partial charge in [-0.3, -0.25) is 4.79 Å². The molecule has 0 amide bonds. The van der Waals surface area contributed by atoms with Crippen LogP contribution < -0.4 is 5.73 Å². The van der Waals surface area contributed by atoms with E-state index in [2.05, 4.69) is 5.16 Å². The highest BCUT2D eigenvalue weighted by Gasteiger charge is 2.32. The molecule has 0 aliphatic carbocycles. The predicted octanol–water partition coefficient (Wildman–Crippen LogP) is 2.36. The second kappa shape index (κ2) is 5.72. The highest BCUT2D eigenvalue weighted by atomic mass is 32.2. The molecule has 2 rings (SSSR count). The molecule has 0 radical (unpaired) electrons. The van der Waals surface area contributed by atoms with Crippen LogP contribution in [0.25, 0.3) is 11.5 Å². The van der Waals surface area contributed by atoms with Gasteiger partial charge in [-0.05, 0) is 26.0 Å². The average molecular weight is 296 g/mol. The fourth-order valence-electron chi connectivity index (χ4n) is 1.56. The largest absolute Gasteiger partial charge is 0.480 e. The lowest BCUT2D eigenvalue weighted by molar-refractivity contribution is -0.139. The van der Waals surface area contributed by atoms with Crippen molar-refractivity contribution in [2.45, 2.75) is 30.4 Å². The molecule has 6 nitrogen and oxygen atoms in total. The van der Waals surface area contributed by atoms with Crippen molar-refractivity contribution in [1.82, 2.24) is 5.16 Å². The maximum absolute atomic E-state index is 10.9. The number of aliphatic carboxylic acids is 1. The van der Waals surface area contributed by atoms with Crippen molar-refractivity contribution < 1.29 is 18.8 Å². The topological polar surface area (TPSA) is 102 Å². The molecule has 2 aromatic heterocycles. The number of furan rings is 1. The van der Waals surface area contributed by atoms with Crippen LogP contribution in [0.15, 0.2) is 33.4 Å². The minimum Gasteiger partial charge on any atom is -0.480 e.